The van der Waals surface area contributed by atoms with E-state index >= 15 is 0 Å². The second-order valence-corrected chi connectivity index (χ2v) is 12.9. The summed E-state index contributed by atoms with van der Waals surface area (Å²) < 4.78 is 8.90. The van der Waals surface area contributed by atoms with Crippen LogP contribution in [0.25, 0.3) is 105 Å². The Balaban J connectivity index is 1.28. The van der Waals surface area contributed by atoms with Crippen LogP contribution in [-0.4, -0.2) is 14.5 Å². The molecule has 3 heterocycles. The van der Waals surface area contributed by atoms with Gasteiger partial charge in [-0.2, -0.15) is 0 Å². The molecular formula is C46H27N3O. The zero-order valence-electron chi connectivity index (χ0n) is 26.8. The van der Waals surface area contributed by atoms with Crippen molar-refractivity contribution in [3.8, 4) is 28.2 Å². The predicted octanol–water partition coefficient (Wildman–Crippen LogP) is 12.3. The van der Waals surface area contributed by atoms with Gasteiger partial charge in [-0.25, -0.2) is 9.97 Å². The van der Waals surface area contributed by atoms with Gasteiger partial charge in [0, 0.05) is 32.7 Å². The lowest BCUT2D eigenvalue weighted by Gasteiger charge is -2.15. The van der Waals surface area contributed by atoms with Crippen LogP contribution in [0.15, 0.2) is 168 Å². The van der Waals surface area contributed by atoms with E-state index < -0.39 is 0 Å². The van der Waals surface area contributed by atoms with Crippen LogP contribution in [0.2, 0.25) is 0 Å². The number of furan rings is 1. The Morgan fingerprint density at radius 3 is 1.94 bits per heavy atom. The van der Waals surface area contributed by atoms with Crippen molar-refractivity contribution < 1.29 is 4.42 Å². The molecule has 0 aliphatic heterocycles. The quantitative estimate of drug-likeness (QED) is 0.194. The van der Waals surface area contributed by atoms with Crippen LogP contribution in [0.5, 0.6) is 0 Å². The molecule has 4 heteroatoms. The highest BCUT2D eigenvalue weighted by Crippen LogP contribution is 2.44. The number of nitrogens with zero attached hydrogens (tertiary/aromatic N) is 3. The molecule has 0 spiro atoms. The summed E-state index contributed by atoms with van der Waals surface area (Å²) in [7, 11) is 0. The van der Waals surface area contributed by atoms with E-state index in [2.05, 4.69) is 138 Å². The smallest absolute Gasteiger partial charge is 0.165 e. The van der Waals surface area contributed by atoms with E-state index in [9.17, 15) is 0 Å². The average molecular weight is 638 g/mol. The van der Waals surface area contributed by atoms with Gasteiger partial charge in [0.05, 0.1) is 22.1 Å². The molecule has 3 aromatic heterocycles. The number of aromatic nitrogens is 3. The Kier molecular flexibility index (Phi) is 5.63. The Labute approximate surface area is 286 Å². The van der Waals surface area contributed by atoms with E-state index in [0.717, 1.165) is 72.2 Å². The third kappa shape index (κ3) is 3.87. The van der Waals surface area contributed by atoms with Crippen LogP contribution >= 0.6 is 0 Å². The first-order chi connectivity index (χ1) is 24.8. The number of fused-ring (bicyclic) bond motifs is 11. The van der Waals surface area contributed by atoms with Crippen LogP contribution in [0.1, 0.15) is 0 Å². The second-order valence-electron chi connectivity index (χ2n) is 12.9. The Morgan fingerprint density at radius 2 is 1.12 bits per heavy atom. The van der Waals surface area contributed by atoms with Gasteiger partial charge in [-0.05, 0) is 63.5 Å². The molecule has 0 saturated carbocycles. The molecule has 11 rings (SSSR count). The van der Waals surface area contributed by atoms with Crippen LogP contribution in [-0.2, 0) is 0 Å². The van der Waals surface area contributed by atoms with Gasteiger partial charge in [-0.3, -0.25) is 4.57 Å². The van der Waals surface area contributed by atoms with E-state index in [4.69, 9.17) is 14.4 Å². The lowest BCUT2D eigenvalue weighted by molar-refractivity contribution is 0.669. The predicted molar refractivity (Wildman–Crippen MR) is 207 cm³/mol. The number of hydrogen-bond donors (Lipinski definition) is 0. The second kappa shape index (κ2) is 10.4. The number of hydrogen-bond acceptors (Lipinski definition) is 3. The molecule has 11 aromatic rings. The maximum atomic E-state index is 6.56. The fraction of sp³-hybridized carbons (Fsp3) is 0. The van der Waals surface area contributed by atoms with Crippen molar-refractivity contribution in [1.82, 2.24) is 14.5 Å². The van der Waals surface area contributed by atoms with Crippen molar-refractivity contribution in [2.24, 2.45) is 0 Å². The normalized spacial score (nSPS) is 12.0. The summed E-state index contributed by atoms with van der Waals surface area (Å²) in [5.74, 6) is 0.800. The molecule has 0 radical (unpaired) electrons. The molecule has 0 bridgehead atoms. The van der Waals surface area contributed by atoms with E-state index in [1.54, 1.807) is 0 Å². The van der Waals surface area contributed by atoms with Gasteiger partial charge in [0.2, 0.25) is 0 Å². The van der Waals surface area contributed by atoms with Crippen molar-refractivity contribution >= 4 is 76.3 Å². The van der Waals surface area contributed by atoms with Crippen molar-refractivity contribution in [1.29, 1.82) is 0 Å². The molecule has 0 aliphatic rings. The highest BCUT2D eigenvalue weighted by Gasteiger charge is 2.23. The van der Waals surface area contributed by atoms with E-state index in [0.29, 0.717) is 0 Å². The van der Waals surface area contributed by atoms with Crippen LogP contribution in [0.4, 0.5) is 0 Å². The number of benzene rings is 8. The van der Waals surface area contributed by atoms with Gasteiger partial charge < -0.3 is 4.42 Å². The molecule has 0 amide bonds. The first-order valence-corrected chi connectivity index (χ1v) is 16.9. The molecule has 0 N–H and O–H groups in total. The molecule has 232 valence electrons. The largest absolute Gasteiger partial charge is 0.456 e. The molecule has 8 aromatic carbocycles. The first kappa shape index (κ1) is 27.2. The molecule has 0 fully saturated rings. The summed E-state index contributed by atoms with van der Waals surface area (Å²) in [5, 5.41) is 9.46. The zero-order chi connectivity index (χ0) is 32.8. The van der Waals surface area contributed by atoms with Gasteiger partial charge in [0.1, 0.15) is 16.9 Å². The highest BCUT2D eigenvalue weighted by molar-refractivity contribution is 6.24. The zero-order valence-corrected chi connectivity index (χ0v) is 26.8. The summed E-state index contributed by atoms with van der Waals surface area (Å²) in [6.45, 7) is 0. The Morgan fingerprint density at radius 1 is 0.440 bits per heavy atom. The van der Waals surface area contributed by atoms with E-state index in [1.807, 2.05) is 30.3 Å². The lowest BCUT2D eigenvalue weighted by atomic mass is 9.98. The topological polar surface area (TPSA) is 43.9 Å². The fourth-order valence-electron chi connectivity index (χ4n) is 7.94. The molecule has 0 atom stereocenters. The van der Waals surface area contributed by atoms with Crippen molar-refractivity contribution in [3.63, 3.8) is 0 Å². The number of para-hydroxylation sites is 3. The van der Waals surface area contributed by atoms with Gasteiger partial charge >= 0.3 is 0 Å². The number of rotatable bonds is 3. The summed E-state index contributed by atoms with van der Waals surface area (Å²) in [6, 6.07) is 57.6. The third-order valence-electron chi connectivity index (χ3n) is 10.2. The summed E-state index contributed by atoms with van der Waals surface area (Å²) in [6.07, 6.45) is 0. The summed E-state index contributed by atoms with van der Waals surface area (Å²) in [4.78, 5) is 10.7. The molecule has 0 saturated heterocycles. The van der Waals surface area contributed by atoms with Crippen molar-refractivity contribution in [2.75, 3.05) is 0 Å². The van der Waals surface area contributed by atoms with Crippen LogP contribution < -0.4 is 0 Å². The monoisotopic (exact) mass is 637 g/mol. The van der Waals surface area contributed by atoms with Crippen molar-refractivity contribution in [2.45, 2.75) is 0 Å². The van der Waals surface area contributed by atoms with Gasteiger partial charge in [-0.15, -0.1) is 0 Å². The van der Waals surface area contributed by atoms with Gasteiger partial charge in [0.15, 0.2) is 5.82 Å². The maximum absolute atomic E-state index is 6.56. The molecule has 4 nitrogen and oxygen atoms in total. The molecule has 0 aliphatic carbocycles. The molecule has 0 unspecified atom stereocenters. The minimum Gasteiger partial charge on any atom is -0.456 e. The van der Waals surface area contributed by atoms with Crippen molar-refractivity contribution in [3.05, 3.63) is 164 Å². The minimum atomic E-state index is 0.800. The third-order valence-corrected chi connectivity index (χ3v) is 10.2. The Bertz CT molecular complexity index is 3150. The lowest BCUT2D eigenvalue weighted by Crippen LogP contribution is -2.04. The van der Waals surface area contributed by atoms with Gasteiger partial charge in [-0.1, -0.05) is 127 Å². The van der Waals surface area contributed by atoms with Crippen LogP contribution in [0, 0.1) is 0 Å². The average Bonchev–Trinajstić information content (AvgIpc) is 3.73. The summed E-state index contributed by atoms with van der Waals surface area (Å²) in [5.41, 5.74) is 9.69. The standard InChI is InChI=1S/C46H27N3O/c1-2-13-30(14-3-1)44-46(48-38-20-9-8-19-37(38)47-44)49-39-25-22-28-11-4-6-15-32(28)42(39)36-18-10-17-34(45(36)49)31-21-24-35-41(27-31)50-40-26-23-29-12-5-7-16-33(29)43(35)40/h1-27H. The summed E-state index contributed by atoms with van der Waals surface area (Å²) >= 11 is 0. The van der Waals surface area contributed by atoms with E-state index in [1.165, 1.54) is 32.3 Å². The molecular weight excluding hydrogens is 611 g/mol. The maximum Gasteiger partial charge on any atom is 0.165 e. The molecule has 50 heavy (non-hydrogen) atoms. The first-order valence-electron chi connectivity index (χ1n) is 16.9. The SMILES string of the molecule is c1ccc(-c2nc3ccccc3nc2-n2c3ccc4ccccc4c3c3cccc(-c4ccc5c(c4)oc4ccc6ccccc6c45)c32)cc1. The fourth-order valence-corrected chi connectivity index (χ4v) is 7.94. The van der Waals surface area contributed by atoms with Crippen LogP contribution in [0.3, 0.4) is 0 Å². The van der Waals surface area contributed by atoms with E-state index in [-0.39, 0.29) is 0 Å². The Hall–Kier alpha value is -6.78. The van der Waals surface area contributed by atoms with Gasteiger partial charge in [0.25, 0.3) is 0 Å². The minimum absolute atomic E-state index is 0.800. The highest BCUT2D eigenvalue weighted by atomic mass is 16.3.